The van der Waals surface area contributed by atoms with Gasteiger partial charge < -0.3 is 29.4 Å². The first-order valence-corrected chi connectivity index (χ1v) is 10.3. The van der Waals surface area contributed by atoms with E-state index in [-0.39, 0.29) is 12.7 Å². The van der Waals surface area contributed by atoms with Gasteiger partial charge in [0.25, 0.3) is 0 Å². The summed E-state index contributed by atoms with van der Waals surface area (Å²) >= 11 is 0. The Bertz CT molecular complexity index is 333. The highest BCUT2D eigenvalue weighted by Gasteiger charge is 2.15. The molecule has 0 aliphatic heterocycles. The van der Waals surface area contributed by atoms with E-state index < -0.39 is 5.60 Å². The van der Waals surface area contributed by atoms with Crippen molar-refractivity contribution in [2.24, 2.45) is 0 Å². The number of aliphatic hydroxyl groups excluding tert-OH is 1. The van der Waals surface area contributed by atoms with E-state index in [4.69, 9.17) is 24.1 Å². The van der Waals surface area contributed by atoms with Crippen molar-refractivity contribution in [2.75, 3.05) is 52.8 Å². The van der Waals surface area contributed by atoms with Gasteiger partial charge in [-0.2, -0.15) is 0 Å². The summed E-state index contributed by atoms with van der Waals surface area (Å²) in [6.07, 6.45) is 6.60. The molecule has 1 amide bonds. The zero-order valence-corrected chi connectivity index (χ0v) is 17.6. The van der Waals surface area contributed by atoms with E-state index in [1.807, 2.05) is 20.8 Å². The van der Waals surface area contributed by atoms with Crippen LogP contribution in [0, 0.1) is 0 Å². The lowest BCUT2D eigenvalue weighted by Gasteiger charge is -2.19. The van der Waals surface area contributed by atoms with Crippen LogP contribution in [0.4, 0.5) is 4.79 Å². The average Bonchev–Trinajstić information content (AvgIpc) is 2.59. The minimum atomic E-state index is -0.446. The van der Waals surface area contributed by atoms with Crippen molar-refractivity contribution in [1.82, 2.24) is 5.32 Å². The lowest BCUT2D eigenvalue weighted by molar-refractivity contribution is 0.0526. The number of carbonyl (C=O) groups excluding carboxylic acids is 1. The van der Waals surface area contributed by atoms with Gasteiger partial charge in [0.2, 0.25) is 0 Å². The lowest BCUT2D eigenvalue weighted by Crippen LogP contribution is -2.33. The van der Waals surface area contributed by atoms with E-state index in [2.05, 4.69) is 5.32 Å². The largest absolute Gasteiger partial charge is 0.444 e. The van der Waals surface area contributed by atoms with Crippen LogP contribution >= 0.6 is 0 Å². The van der Waals surface area contributed by atoms with Crippen LogP contribution in [0.1, 0.15) is 65.7 Å². The molecule has 2 N–H and O–H groups in total. The molecule has 0 aromatic carbocycles. The van der Waals surface area contributed by atoms with Crippen molar-refractivity contribution in [3.05, 3.63) is 0 Å². The second-order valence-corrected chi connectivity index (χ2v) is 7.46. The molecule has 0 bridgehead atoms. The number of unbranched alkanes of at least 4 members (excludes halogenated alkanes) is 4. The molecule has 0 atom stereocenters. The Balaban J connectivity index is 3.12. The van der Waals surface area contributed by atoms with Gasteiger partial charge in [-0.15, -0.1) is 0 Å². The average molecular weight is 392 g/mol. The molecule has 0 unspecified atom stereocenters. The molecule has 7 nitrogen and oxygen atoms in total. The normalized spacial score (nSPS) is 11.6. The summed E-state index contributed by atoms with van der Waals surface area (Å²) in [5, 5.41) is 11.3. The maximum Gasteiger partial charge on any atom is 0.407 e. The highest BCUT2D eigenvalue weighted by atomic mass is 16.6. The number of alkyl carbamates (subject to hydrolysis) is 1. The number of hydrogen-bond acceptors (Lipinski definition) is 6. The molecular weight excluding hydrogens is 350 g/mol. The topological polar surface area (TPSA) is 86.3 Å². The summed E-state index contributed by atoms with van der Waals surface area (Å²) < 4.78 is 21.5. The van der Waals surface area contributed by atoms with Crippen LogP contribution < -0.4 is 5.32 Å². The molecule has 0 saturated carbocycles. The van der Waals surface area contributed by atoms with E-state index in [0.717, 1.165) is 71.4 Å². The second kappa shape index (κ2) is 18.5. The Morgan fingerprint density at radius 1 is 0.741 bits per heavy atom. The molecule has 0 aliphatic carbocycles. The minimum Gasteiger partial charge on any atom is -0.444 e. The van der Waals surface area contributed by atoms with Gasteiger partial charge in [0.15, 0.2) is 0 Å². The zero-order chi connectivity index (χ0) is 20.2. The van der Waals surface area contributed by atoms with Gasteiger partial charge in [0, 0.05) is 39.6 Å². The molecule has 0 radical (unpaired) electrons. The number of aliphatic hydroxyl groups is 1. The standard InChI is InChI=1S/C20H41NO6/c1-20(2,3)27-19(23)21-11-5-4-6-13-24-14-7-8-15-25-16-9-10-17-26-18-12-22/h22H,4-18H2,1-3H3,(H,21,23). The molecule has 0 aromatic heterocycles. The zero-order valence-electron chi connectivity index (χ0n) is 17.6. The first kappa shape index (κ1) is 26.1. The molecule has 0 rings (SSSR count). The van der Waals surface area contributed by atoms with E-state index >= 15 is 0 Å². The van der Waals surface area contributed by atoms with Crippen molar-refractivity contribution in [3.63, 3.8) is 0 Å². The highest BCUT2D eigenvalue weighted by Crippen LogP contribution is 2.06. The highest BCUT2D eigenvalue weighted by molar-refractivity contribution is 5.67. The Morgan fingerprint density at radius 3 is 1.63 bits per heavy atom. The Labute approximate surface area is 165 Å². The molecule has 0 heterocycles. The quantitative estimate of drug-likeness (QED) is 0.349. The van der Waals surface area contributed by atoms with Crippen LogP contribution in [0.25, 0.3) is 0 Å². The van der Waals surface area contributed by atoms with E-state index in [0.29, 0.717) is 19.8 Å². The third kappa shape index (κ3) is 23.1. The minimum absolute atomic E-state index is 0.0872. The molecule has 27 heavy (non-hydrogen) atoms. The third-order valence-corrected chi connectivity index (χ3v) is 3.52. The van der Waals surface area contributed by atoms with Crippen LogP contribution in [0.15, 0.2) is 0 Å². The maximum atomic E-state index is 11.4. The number of ether oxygens (including phenoxy) is 4. The van der Waals surface area contributed by atoms with Crippen LogP contribution in [0.3, 0.4) is 0 Å². The van der Waals surface area contributed by atoms with Crippen LogP contribution in [0.2, 0.25) is 0 Å². The first-order chi connectivity index (χ1) is 13.0. The Kier molecular flexibility index (Phi) is 17.9. The monoisotopic (exact) mass is 391 g/mol. The first-order valence-electron chi connectivity index (χ1n) is 10.3. The number of carbonyl (C=O) groups is 1. The van der Waals surface area contributed by atoms with E-state index in [1.54, 1.807) is 0 Å². The number of hydrogen-bond donors (Lipinski definition) is 2. The summed E-state index contributed by atoms with van der Waals surface area (Å²) in [6.45, 7) is 10.5. The molecule has 0 saturated heterocycles. The summed E-state index contributed by atoms with van der Waals surface area (Å²) in [6, 6.07) is 0. The lowest BCUT2D eigenvalue weighted by atomic mass is 10.2. The number of nitrogens with one attached hydrogen (secondary N) is 1. The predicted molar refractivity (Wildman–Crippen MR) is 106 cm³/mol. The van der Waals surface area contributed by atoms with Crippen molar-refractivity contribution >= 4 is 6.09 Å². The van der Waals surface area contributed by atoms with E-state index in [1.165, 1.54) is 0 Å². The van der Waals surface area contributed by atoms with Gasteiger partial charge >= 0.3 is 6.09 Å². The maximum absolute atomic E-state index is 11.4. The Hall–Kier alpha value is -0.890. The van der Waals surface area contributed by atoms with Gasteiger partial charge in [0.1, 0.15) is 5.60 Å². The summed E-state index contributed by atoms with van der Waals surface area (Å²) in [4.78, 5) is 11.4. The molecule has 7 heteroatoms. The molecule has 162 valence electrons. The van der Waals surface area contributed by atoms with Gasteiger partial charge in [-0.05, 0) is 65.7 Å². The Morgan fingerprint density at radius 2 is 1.19 bits per heavy atom. The van der Waals surface area contributed by atoms with E-state index in [9.17, 15) is 4.79 Å². The second-order valence-electron chi connectivity index (χ2n) is 7.46. The fourth-order valence-electron chi connectivity index (χ4n) is 2.20. The van der Waals surface area contributed by atoms with Gasteiger partial charge in [-0.1, -0.05) is 0 Å². The van der Waals surface area contributed by atoms with Crippen LogP contribution in [0.5, 0.6) is 0 Å². The third-order valence-electron chi connectivity index (χ3n) is 3.52. The van der Waals surface area contributed by atoms with Crippen molar-refractivity contribution in [1.29, 1.82) is 0 Å². The summed E-state index contributed by atoms with van der Waals surface area (Å²) in [7, 11) is 0. The van der Waals surface area contributed by atoms with Gasteiger partial charge in [-0.25, -0.2) is 4.79 Å². The molecule has 0 fully saturated rings. The summed E-state index contributed by atoms with van der Waals surface area (Å²) in [5.74, 6) is 0. The van der Waals surface area contributed by atoms with Crippen molar-refractivity contribution in [2.45, 2.75) is 71.3 Å². The van der Waals surface area contributed by atoms with Crippen LogP contribution in [-0.2, 0) is 18.9 Å². The molecule has 0 aliphatic rings. The van der Waals surface area contributed by atoms with Crippen molar-refractivity contribution in [3.8, 4) is 0 Å². The fourth-order valence-corrected chi connectivity index (χ4v) is 2.20. The number of amides is 1. The smallest absolute Gasteiger partial charge is 0.407 e. The van der Waals surface area contributed by atoms with Crippen LogP contribution in [-0.4, -0.2) is 69.6 Å². The predicted octanol–water partition coefficient (Wildman–Crippen LogP) is 3.28. The van der Waals surface area contributed by atoms with Gasteiger partial charge in [-0.3, -0.25) is 0 Å². The number of rotatable bonds is 18. The summed E-state index contributed by atoms with van der Waals surface area (Å²) in [5.41, 5.74) is -0.446. The fraction of sp³-hybridized carbons (Fsp3) is 0.950. The SMILES string of the molecule is CC(C)(C)OC(=O)NCCCCCOCCCCOCCCCOCCO. The molecular formula is C20H41NO6. The molecule has 0 aromatic rings. The van der Waals surface area contributed by atoms with Crippen molar-refractivity contribution < 1.29 is 28.8 Å². The molecule has 0 spiro atoms. The van der Waals surface area contributed by atoms with Gasteiger partial charge in [0.05, 0.1) is 13.2 Å².